The van der Waals surface area contributed by atoms with Gasteiger partial charge in [0, 0.05) is 27.7 Å². The summed E-state index contributed by atoms with van der Waals surface area (Å²) in [4.78, 5) is 4.47. The lowest BCUT2D eigenvalue weighted by Crippen LogP contribution is -1.91. The molecule has 3 N–H and O–H groups in total. The van der Waals surface area contributed by atoms with Crippen molar-refractivity contribution in [1.29, 1.82) is 0 Å². The van der Waals surface area contributed by atoms with Crippen LogP contribution in [-0.2, 0) is 6.42 Å². The molecule has 0 aliphatic rings. The summed E-state index contributed by atoms with van der Waals surface area (Å²) >= 11 is 12.0. The van der Waals surface area contributed by atoms with Crippen molar-refractivity contribution >= 4 is 28.9 Å². The fourth-order valence-electron chi connectivity index (χ4n) is 2.09. The number of nitrogens with two attached hydrogens (primary N) is 1. The van der Waals surface area contributed by atoms with Gasteiger partial charge in [0.05, 0.1) is 0 Å². The minimum Gasteiger partial charge on any atom is -0.399 e. The Morgan fingerprint density at radius 3 is 2.52 bits per heavy atom. The molecule has 0 saturated heterocycles. The van der Waals surface area contributed by atoms with Crippen LogP contribution in [0.15, 0.2) is 42.5 Å². The summed E-state index contributed by atoms with van der Waals surface area (Å²) in [6.07, 6.45) is 0.579. The minimum atomic E-state index is 0.579. The van der Waals surface area contributed by atoms with E-state index in [0.29, 0.717) is 28.0 Å². The monoisotopic (exact) mass is 318 g/mol. The third-order valence-electron chi connectivity index (χ3n) is 2.97. The number of H-pyrrole nitrogens is 1. The number of benzene rings is 2. The Bertz CT molecular complexity index is 763. The fourth-order valence-corrected chi connectivity index (χ4v) is 2.66. The van der Waals surface area contributed by atoms with Gasteiger partial charge in [-0.2, -0.15) is 5.10 Å². The molecule has 2 aromatic carbocycles. The van der Waals surface area contributed by atoms with Gasteiger partial charge in [0.1, 0.15) is 5.82 Å². The molecule has 3 aromatic rings. The molecular weight excluding hydrogens is 307 g/mol. The van der Waals surface area contributed by atoms with Gasteiger partial charge in [0.25, 0.3) is 0 Å². The number of aromatic amines is 1. The number of aromatic nitrogens is 3. The quantitative estimate of drug-likeness (QED) is 0.718. The number of nitrogens with zero attached hydrogens (tertiary/aromatic N) is 2. The second kappa shape index (κ2) is 5.76. The highest BCUT2D eigenvalue weighted by Gasteiger charge is 2.08. The zero-order valence-corrected chi connectivity index (χ0v) is 12.5. The smallest absolute Gasteiger partial charge is 0.181 e. The Kier molecular flexibility index (Phi) is 3.82. The van der Waals surface area contributed by atoms with Crippen molar-refractivity contribution < 1.29 is 0 Å². The van der Waals surface area contributed by atoms with E-state index in [9.17, 15) is 0 Å². The lowest BCUT2D eigenvalue weighted by Gasteiger charge is -2.00. The summed E-state index contributed by atoms with van der Waals surface area (Å²) in [6, 6.07) is 12.9. The lowest BCUT2D eigenvalue weighted by atomic mass is 10.1. The van der Waals surface area contributed by atoms with Gasteiger partial charge in [-0.05, 0) is 35.9 Å². The molecule has 6 heteroatoms. The molecule has 0 saturated carbocycles. The molecule has 106 valence electrons. The third-order valence-corrected chi connectivity index (χ3v) is 3.41. The molecule has 0 fully saturated rings. The Hall–Kier alpha value is -2.04. The van der Waals surface area contributed by atoms with Crippen molar-refractivity contribution in [3.8, 4) is 11.4 Å². The highest BCUT2D eigenvalue weighted by Crippen LogP contribution is 2.22. The molecule has 0 unspecified atom stereocenters. The van der Waals surface area contributed by atoms with Crippen LogP contribution in [0.5, 0.6) is 0 Å². The summed E-state index contributed by atoms with van der Waals surface area (Å²) < 4.78 is 0. The fraction of sp³-hybridized carbons (Fsp3) is 0.0667. The highest BCUT2D eigenvalue weighted by molar-refractivity contribution is 6.34. The normalized spacial score (nSPS) is 10.8. The van der Waals surface area contributed by atoms with Gasteiger partial charge in [0.2, 0.25) is 0 Å². The van der Waals surface area contributed by atoms with Crippen molar-refractivity contribution in [3.63, 3.8) is 0 Å². The van der Waals surface area contributed by atoms with E-state index in [-0.39, 0.29) is 0 Å². The van der Waals surface area contributed by atoms with E-state index in [1.54, 1.807) is 6.07 Å². The summed E-state index contributed by atoms with van der Waals surface area (Å²) in [5, 5.41) is 8.34. The standard InChI is InChI=1S/C15H12Cl2N4/c16-11-4-9(5-12(17)8-11)6-14-19-15(21-20-14)10-2-1-3-13(18)7-10/h1-5,7-8H,6,18H2,(H,19,20,21). The molecule has 21 heavy (non-hydrogen) atoms. The summed E-state index contributed by atoms with van der Waals surface area (Å²) in [5.41, 5.74) is 8.30. The predicted molar refractivity (Wildman–Crippen MR) is 85.5 cm³/mol. The number of anilines is 1. The maximum atomic E-state index is 5.99. The van der Waals surface area contributed by atoms with Crippen molar-refractivity contribution in [2.45, 2.75) is 6.42 Å². The van der Waals surface area contributed by atoms with Crippen LogP contribution in [0.3, 0.4) is 0 Å². The van der Waals surface area contributed by atoms with Crippen LogP contribution in [0.4, 0.5) is 5.69 Å². The molecule has 1 heterocycles. The van der Waals surface area contributed by atoms with Crippen molar-refractivity contribution in [2.24, 2.45) is 0 Å². The van der Waals surface area contributed by atoms with Gasteiger partial charge in [-0.1, -0.05) is 35.3 Å². The predicted octanol–water partition coefficient (Wildman–Crippen LogP) is 3.95. The average molecular weight is 319 g/mol. The summed E-state index contributed by atoms with van der Waals surface area (Å²) in [6.45, 7) is 0. The first-order chi connectivity index (χ1) is 10.1. The summed E-state index contributed by atoms with van der Waals surface area (Å²) in [7, 11) is 0. The van der Waals surface area contributed by atoms with Crippen LogP contribution in [0.2, 0.25) is 10.0 Å². The maximum absolute atomic E-state index is 5.99. The molecule has 0 bridgehead atoms. The van der Waals surface area contributed by atoms with E-state index in [4.69, 9.17) is 28.9 Å². The van der Waals surface area contributed by atoms with Crippen LogP contribution < -0.4 is 5.73 Å². The van der Waals surface area contributed by atoms with Crippen LogP contribution in [0.25, 0.3) is 11.4 Å². The second-order valence-corrected chi connectivity index (χ2v) is 5.56. The van der Waals surface area contributed by atoms with E-state index < -0.39 is 0 Å². The first-order valence-corrected chi connectivity index (χ1v) is 7.08. The Balaban J connectivity index is 1.85. The topological polar surface area (TPSA) is 67.6 Å². The molecule has 0 spiro atoms. The van der Waals surface area contributed by atoms with Crippen molar-refractivity contribution in [3.05, 3.63) is 63.9 Å². The van der Waals surface area contributed by atoms with Crippen LogP contribution in [-0.4, -0.2) is 15.2 Å². The first kappa shape index (κ1) is 13.9. The van der Waals surface area contributed by atoms with E-state index >= 15 is 0 Å². The molecular formula is C15H12Cl2N4. The average Bonchev–Trinajstić information content (AvgIpc) is 2.86. The van der Waals surface area contributed by atoms with Crippen molar-refractivity contribution in [2.75, 3.05) is 5.73 Å². The number of hydrogen-bond donors (Lipinski definition) is 2. The maximum Gasteiger partial charge on any atom is 0.181 e. The zero-order valence-electron chi connectivity index (χ0n) is 11.0. The Morgan fingerprint density at radius 1 is 1.05 bits per heavy atom. The number of rotatable bonds is 3. The van der Waals surface area contributed by atoms with E-state index in [1.165, 1.54) is 0 Å². The SMILES string of the molecule is Nc1cccc(-c2n[nH]c(Cc3cc(Cl)cc(Cl)c3)n2)c1. The van der Waals surface area contributed by atoms with Crippen LogP contribution >= 0.6 is 23.2 Å². The molecule has 0 amide bonds. The molecule has 4 nitrogen and oxygen atoms in total. The molecule has 0 radical (unpaired) electrons. The number of halogens is 2. The largest absolute Gasteiger partial charge is 0.399 e. The second-order valence-electron chi connectivity index (χ2n) is 4.69. The number of hydrogen-bond acceptors (Lipinski definition) is 3. The number of nitrogen functional groups attached to an aromatic ring is 1. The van der Waals surface area contributed by atoms with Crippen LogP contribution in [0, 0.1) is 0 Å². The molecule has 0 aliphatic carbocycles. The van der Waals surface area contributed by atoms with Crippen molar-refractivity contribution in [1.82, 2.24) is 15.2 Å². The van der Waals surface area contributed by atoms with Gasteiger partial charge in [0.15, 0.2) is 5.82 Å². The van der Waals surface area contributed by atoms with Gasteiger partial charge in [-0.3, -0.25) is 5.10 Å². The van der Waals surface area contributed by atoms with Gasteiger partial charge in [-0.15, -0.1) is 0 Å². The van der Waals surface area contributed by atoms with Gasteiger partial charge < -0.3 is 5.73 Å². The highest BCUT2D eigenvalue weighted by atomic mass is 35.5. The molecule has 1 aromatic heterocycles. The van der Waals surface area contributed by atoms with E-state index in [0.717, 1.165) is 17.0 Å². The Labute approximate surface area is 131 Å². The molecule has 3 rings (SSSR count). The van der Waals surface area contributed by atoms with E-state index in [1.807, 2.05) is 36.4 Å². The first-order valence-electron chi connectivity index (χ1n) is 6.32. The van der Waals surface area contributed by atoms with Crippen LogP contribution in [0.1, 0.15) is 11.4 Å². The molecule has 0 atom stereocenters. The zero-order chi connectivity index (χ0) is 14.8. The molecule has 0 aliphatic heterocycles. The summed E-state index contributed by atoms with van der Waals surface area (Å²) in [5.74, 6) is 1.36. The van der Waals surface area contributed by atoms with E-state index in [2.05, 4.69) is 15.2 Å². The third kappa shape index (κ3) is 3.35. The lowest BCUT2D eigenvalue weighted by molar-refractivity contribution is 0.973. The van der Waals surface area contributed by atoms with Gasteiger partial charge in [-0.25, -0.2) is 4.98 Å². The number of nitrogens with one attached hydrogen (secondary N) is 1. The minimum absolute atomic E-state index is 0.579. The van der Waals surface area contributed by atoms with Gasteiger partial charge >= 0.3 is 0 Å². The Morgan fingerprint density at radius 2 is 1.81 bits per heavy atom.